The lowest BCUT2D eigenvalue weighted by Gasteiger charge is -2.21. The van der Waals surface area contributed by atoms with E-state index in [0.717, 1.165) is 11.3 Å². The van der Waals surface area contributed by atoms with Crippen LogP contribution in [0.2, 0.25) is 0 Å². The molecule has 0 aromatic rings. The van der Waals surface area contributed by atoms with Gasteiger partial charge >= 0.3 is 0 Å². The second kappa shape index (κ2) is 4.37. The first-order valence-electron chi connectivity index (χ1n) is 4.75. The van der Waals surface area contributed by atoms with Gasteiger partial charge in [0.05, 0.1) is 0 Å². The van der Waals surface area contributed by atoms with E-state index in [1.165, 1.54) is 12.2 Å². The van der Waals surface area contributed by atoms with Gasteiger partial charge in [0.1, 0.15) is 6.23 Å². The highest BCUT2D eigenvalue weighted by atomic mass is 16.3. The number of rotatable bonds is 4. The van der Waals surface area contributed by atoms with Crippen LogP contribution in [0.25, 0.3) is 0 Å². The van der Waals surface area contributed by atoms with Gasteiger partial charge in [0.2, 0.25) is 0 Å². The number of aliphatic hydroxyl groups excluding tert-OH is 1. The second-order valence-corrected chi connectivity index (χ2v) is 3.83. The molecule has 1 heterocycles. The van der Waals surface area contributed by atoms with E-state index in [2.05, 4.69) is 0 Å². The highest BCUT2D eigenvalue weighted by molar-refractivity contribution is 6.13. The maximum atomic E-state index is 11.1. The Bertz CT molecular complexity index is 253. The third-order valence-corrected chi connectivity index (χ3v) is 2.14. The fourth-order valence-corrected chi connectivity index (χ4v) is 1.32. The molecule has 0 aliphatic carbocycles. The maximum absolute atomic E-state index is 11.1. The average molecular weight is 197 g/mol. The van der Waals surface area contributed by atoms with Crippen molar-refractivity contribution in [2.75, 3.05) is 0 Å². The fourth-order valence-electron chi connectivity index (χ4n) is 1.32. The van der Waals surface area contributed by atoms with Crippen molar-refractivity contribution in [3.63, 3.8) is 0 Å². The van der Waals surface area contributed by atoms with Crippen molar-refractivity contribution in [2.24, 2.45) is 5.92 Å². The number of nitrogens with zero attached hydrogens (tertiary/aromatic N) is 1. The summed E-state index contributed by atoms with van der Waals surface area (Å²) in [6.07, 6.45) is 2.61. The van der Waals surface area contributed by atoms with Gasteiger partial charge in [-0.05, 0) is 18.8 Å². The van der Waals surface area contributed by atoms with E-state index in [-0.39, 0.29) is 0 Å². The van der Waals surface area contributed by atoms with E-state index >= 15 is 0 Å². The van der Waals surface area contributed by atoms with Gasteiger partial charge in [0, 0.05) is 12.2 Å². The monoisotopic (exact) mass is 197 g/mol. The highest BCUT2D eigenvalue weighted by Gasteiger charge is 2.29. The molecule has 0 radical (unpaired) electrons. The normalized spacial score (nSPS) is 18.4. The number of carbonyl (C=O) groups is 2. The lowest BCUT2D eigenvalue weighted by Crippen LogP contribution is -2.40. The van der Waals surface area contributed by atoms with E-state index in [9.17, 15) is 14.7 Å². The molecule has 0 saturated heterocycles. The number of amides is 2. The molecule has 2 amide bonds. The summed E-state index contributed by atoms with van der Waals surface area (Å²) < 4.78 is 0. The number of hydrogen-bond acceptors (Lipinski definition) is 3. The Balaban J connectivity index is 2.48. The van der Waals surface area contributed by atoms with Gasteiger partial charge in [-0.2, -0.15) is 0 Å². The summed E-state index contributed by atoms with van der Waals surface area (Å²) in [5, 5.41) is 9.58. The van der Waals surface area contributed by atoms with Crippen LogP contribution in [0.3, 0.4) is 0 Å². The zero-order chi connectivity index (χ0) is 10.7. The van der Waals surface area contributed by atoms with Gasteiger partial charge in [-0.1, -0.05) is 13.8 Å². The van der Waals surface area contributed by atoms with E-state index in [1.807, 2.05) is 13.8 Å². The molecule has 1 N–H and O–H groups in total. The molecule has 1 unspecified atom stereocenters. The van der Waals surface area contributed by atoms with Crippen LogP contribution in [0.1, 0.15) is 26.7 Å². The Morgan fingerprint density at radius 1 is 1.21 bits per heavy atom. The Hall–Kier alpha value is -1.16. The molecule has 1 aliphatic rings. The molecule has 1 atom stereocenters. The third kappa shape index (κ3) is 2.42. The lowest BCUT2D eigenvalue weighted by atomic mass is 10.1. The lowest BCUT2D eigenvalue weighted by molar-refractivity contribution is -0.148. The molecule has 14 heavy (non-hydrogen) atoms. The van der Waals surface area contributed by atoms with Crippen LogP contribution in [-0.4, -0.2) is 28.0 Å². The van der Waals surface area contributed by atoms with Crippen molar-refractivity contribution < 1.29 is 14.7 Å². The van der Waals surface area contributed by atoms with Crippen molar-refractivity contribution in [3.05, 3.63) is 12.2 Å². The van der Waals surface area contributed by atoms with Crippen LogP contribution in [0.5, 0.6) is 0 Å². The standard InChI is InChI=1S/C10H15NO3/c1-7(2)3-4-8(12)11-9(13)5-6-10(11)14/h5-8,12H,3-4H2,1-2H3. The summed E-state index contributed by atoms with van der Waals surface area (Å²) in [4.78, 5) is 23.1. The number of carbonyl (C=O) groups excluding carboxylic acids is 2. The van der Waals surface area contributed by atoms with Gasteiger partial charge in [-0.3, -0.25) is 9.59 Å². The topological polar surface area (TPSA) is 57.6 Å². The molecule has 0 spiro atoms. The molecular weight excluding hydrogens is 182 g/mol. The molecule has 1 aliphatic heterocycles. The molecule has 0 fully saturated rings. The predicted octanol–water partition coefficient (Wildman–Crippen LogP) is 0.666. The highest BCUT2D eigenvalue weighted by Crippen LogP contribution is 2.14. The van der Waals surface area contributed by atoms with Crippen LogP contribution in [-0.2, 0) is 9.59 Å². The van der Waals surface area contributed by atoms with Crippen molar-refractivity contribution in [3.8, 4) is 0 Å². The van der Waals surface area contributed by atoms with Crippen molar-refractivity contribution in [1.82, 2.24) is 4.90 Å². The van der Waals surface area contributed by atoms with Gasteiger partial charge < -0.3 is 5.11 Å². The Kier molecular flexibility index (Phi) is 3.41. The van der Waals surface area contributed by atoms with Crippen LogP contribution in [0.15, 0.2) is 12.2 Å². The quantitative estimate of drug-likeness (QED) is 0.674. The maximum Gasteiger partial charge on any atom is 0.255 e. The zero-order valence-electron chi connectivity index (χ0n) is 8.43. The molecule has 78 valence electrons. The Morgan fingerprint density at radius 3 is 2.14 bits per heavy atom. The SMILES string of the molecule is CC(C)CCC(O)N1C(=O)C=CC1=O. The first-order chi connectivity index (χ1) is 6.52. The van der Waals surface area contributed by atoms with Crippen molar-refractivity contribution in [2.45, 2.75) is 32.9 Å². The summed E-state index contributed by atoms with van der Waals surface area (Å²) in [5.41, 5.74) is 0. The van der Waals surface area contributed by atoms with E-state index < -0.39 is 18.0 Å². The van der Waals surface area contributed by atoms with Crippen molar-refractivity contribution in [1.29, 1.82) is 0 Å². The molecule has 1 rings (SSSR count). The molecule has 0 aromatic carbocycles. The Morgan fingerprint density at radius 2 is 1.71 bits per heavy atom. The first kappa shape index (κ1) is 10.9. The van der Waals surface area contributed by atoms with Crippen LogP contribution in [0, 0.1) is 5.92 Å². The summed E-state index contributed by atoms with van der Waals surface area (Å²) in [7, 11) is 0. The van der Waals surface area contributed by atoms with Gasteiger partial charge in [-0.15, -0.1) is 0 Å². The van der Waals surface area contributed by atoms with E-state index in [1.54, 1.807) is 0 Å². The van der Waals surface area contributed by atoms with Crippen LogP contribution < -0.4 is 0 Å². The van der Waals surface area contributed by atoms with Gasteiger partial charge in [-0.25, -0.2) is 4.90 Å². The minimum atomic E-state index is -0.979. The molecule has 4 nitrogen and oxygen atoms in total. The molecule has 0 bridgehead atoms. The number of aliphatic hydroxyl groups is 1. The number of hydrogen-bond donors (Lipinski definition) is 1. The summed E-state index contributed by atoms with van der Waals surface area (Å²) >= 11 is 0. The molecule has 4 heteroatoms. The van der Waals surface area contributed by atoms with E-state index in [4.69, 9.17) is 0 Å². The third-order valence-electron chi connectivity index (χ3n) is 2.14. The second-order valence-electron chi connectivity index (χ2n) is 3.83. The number of imide groups is 1. The van der Waals surface area contributed by atoms with Gasteiger partial charge in [0.25, 0.3) is 11.8 Å². The average Bonchev–Trinajstić information content (AvgIpc) is 2.42. The fraction of sp³-hybridized carbons (Fsp3) is 0.600. The van der Waals surface area contributed by atoms with Crippen LogP contribution >= 0.6 is 0 Å². The summed E-state index contributed by atoms with van der Waals surface area (Å²) in [6, 6.07) is 0. The smallest absolute Gasteiger partial charge is 0.255 e. The predicted molar refractivity (Wildman–Crippen MR) is 51.1 cm³/mol. The van der Waals surface area contributed by atoms with Gasteiger partial charge in [0.15, 0.2) is 0 Å². The molecule has 0 saturated carbocycles. The summed E-state index contributed by atoms with van der Waals surface area (Å²) in [6.45, 7) is 4.05. The van der Waals surface area contributed by atoms with E-state index in [0.29, 0.717) is 12.3 Å². The first-order valence-corrected chi connectivity index (χ1v) is 4.75. The summed E-state index contributed by atoms with van der Waals surface area (Å²) in [5.74, 6) is -0.400. The van der Waals surface area contributed by atoms with Crippen LogP contribution in [0.4, 0.5) is 0 Å². The van der Waals surface area contributed by atoms with Crippen molar-refractivity contribution >= 4 is 11.8 Å². The zero-order valence-corrected chi connectivity index (χ0v) is 8.43. The molecular formula is C10H15NO3. The minimum absolute atomic E-state index is 0.425. The Labute approximate surface area is 83.2 Å². The largest absolute Gasteiger partial charge is 0.373 e. The molecule has 0 aromatic heterocycles. The minimum Gasteiger partial charge on any atom is -0.373 e.